The number of carbonyl (C=O) groups excluding carboxylic acids is 1. The van der Waals surface area contributed by atoms with Crippen LogP contribution in [0.15, 0.2) is 47.0 Å². The summed E-state index contributed by atoms with van der Waals surface area (Å²) in [5.41, 5.74) is 0.627. The molecule has 1 aromatic carbocycles. The van der Waals surface area contributed by atoms with Gasteiger partial charge in [-0.2, -0.15) is 4.31 Å². The fourth-order valence-electron chi connectivity index (χ4n) is 3.13. The van der Waals surface area contributed by atoms with Gasteiger partial charge in [0.05, 0.1) is 23.9 Å². The summed E-state index contributed by atoms with van der Waals surface area (Å²) in [4.78, 5) is 12.2. The maximum atomic E-state index is 13.0. The van der Waals surface area contributed by atoms with Gasteiger partial charge in [0.15, 0.2) is 11.0 Å². The topological polar surface area (TPSA) is 106 Å². The highest BCUT2D eigenvalue weighted by atomic mass is 32.2. The molecule has 1 fully saturated rings. The summed E-state index contributed by atoms with van der Waals surface area (Å²) in [6.45, 7) is 9.45. The second kappa shape index (κ2) is 10.4. The molecule has 2 aromatic rings. The predicted molar refractivity (Wildman–Crippen MR) is 119 cm³/mol. The number of carbonyl (C=O) groups is 1. The molecule has 168 valence electrons. The number of hydrogen-bond acceptors (Lipinski definition) is 7. The molecule has 0 bridgehead atoms. The lowest BCUT2D eigenvalue weighted by Gasteiger charge is -2.26. The molecule has 9 nitrogen and oxygen atoms in total. The first-order valence-electron chi connectivity index (χ1n) is 9.97. The Morgan fingerprint density at radius 2 is 2.06 bits per heavy atom. The highest BCUT2D eigenvalue weighted by Gasteiger charge is 2.27. The molecule has 0 saturated carbocycles. The molecule has 31 heavy (non-hydrogen) atoms. The molecule has 0 spiro atoms. The summed E-state index contributed by atoms with van der Waals surface area (Å²) in [7, 11) is -3.63. The highest BCUT2D eigenvalue weighted by Crippen LogP contribution is 2.27. The first kappa shape index (κ1) is 23.5. The minimum Gasteiger partial charge on any atom is -0.379 e. The maximum Gasteiger partial charge on any atom is 0.243 e. The van der Waals surface area contributed by atoms with E-state index in [1.165, 1.54) is 16.1 Å². The Kier molecular flexibility index (Phi) is 7.87. The van der Waals surface area contributed by atoms with Gasteiger partial charge in [-0.1, -0.05) is 30.0 Å². The number of ether oxygens (including phenoxy) is 1. The van der Waals surface area contributed by atoms with Crippen molar-refractivity contribution in [3.05, 3.63) is 36.9 Å². The number of thioether (sulfide) groups is 1. The molecule has 3 rings (SSSR count). The van der Waals surface area contributed by atoms with Gasteiger partial charge in [0.1, 0.15) is 0 Å². The van der Waals surface area contributed by atoms with E-state index < -0.39 is 10.0 Å². The van der Waals surface area contributed by atoms with Crippen molar-refractivity contribution in [3.63, 3.8) is 0 Å². The Balaban J connectivity index is 1.87. The number of aromatic nitrogens is 3. The summed E-state index contributed by atoms with van der Waals surface area (Å²) >= 11 is 1.27. The second-order valence-corrected chi connectivity index (χ2v) is 10.1. The SMILES string of the molecule is C=CCn1c(SCC(=O)NC(C)C)nnc1-c1cccc(S(=O)(=O)N2CCOCC2)c1. The summed E-state index contributed by atoms with van der Waals surface area (Å²) in [5, 5.41) is 11.9. The van der Waals surface area contributed by atoms with E-state index in [9.17, 15) is 13.2 Å². The molecular formula is C20H27N5O4S2. The normalized spacial score (nSPS) is 15.2. The Morgan fingerprint density at radius 1 is 1.32 bits per heavy atom. The lowest BCUT2D eigenvalue weighted by molar-refractivity contribution is -0.119. The minimum absolute atomic E-state index is 0.0610. The number of allylic oxidation sites excluding steroid dienone is 1. The fourth-order valence-corrected chi connectivity index (χ4v) is 5.34. The molecule has 0 unspecified atom stereocenters. The van der Waals surface area contributed by atoms with Crippen molar-refractivity contribution < 1.29 is 17.9 Å². The highest BCUT2D eigenvalue weighted by molar-refractivity contribution is 7.99. The first-order valence-corrected chi connectivity index (χ1v) is 12.4. The van der Waals surface area contributed by atoms with Crippen LogP contribution in [0.1, 0.15) is 13.8 Å². The summed E-state index contributed by atoms with van der Waals surface area (Å²) < 4.78 is 34.5. The van der Waals surface area contributed by atoms with Crippen LogP contribution in [0, 0.1) is 0 Å². The number of sulfonamides is 1. The third-order valence-corrected chi connectivity index (χ3v) is 7.37. The van der Waals surface area contributed by atoms with E-state index in [1.807, 2.05) is 18.4 Å². The molecule has 2 heterocycles. The van der Waals surface area contributed by atoms with Crippen LogP contribution in [0.4, 0.5) is 0 Å². The van der Waals surface area contributed by atoms with Crippen molar-refractivity contribution in [1.82, 2.24) is 24.4 Å². The van der Waals surface area contributed by atoms with Gasteiger partial charge in [0.25, 0.3) is 0 Å². The third-order valence-electron chi connectivity index (χ3n) is 4.51. The molecule has 1 N–H and O–H groups in total. The van der Waals surface area contributed by atoms with Gasteiger partial charge in [-0.3, -0.25) is 9.36 Å². The largest absolute Gasteiger partial charge is 0.379 e. The number of amides is 1. The van der Waals surface area contributed by atoms with Crippen molar-refractivity contribution in [2.45, 2.75) is 36.5 Å². The van der Waals surface area contributed by atoms with Gasteiger partial charge in [0, 0.05) is 31.2 Å². The zero-order valence-corrected chi connectivity index (χ0v) is 19.3. The average Bonchev–Trinajstić information content (AvgIpc) is 3.15. The van der Waals surface area contributed by atoms with Crippen LogP contribution in [0.3, 0.4) is 0 Å². The van der Waals surface area contributed by atoms with Crippen molar-refractivity contribution in [3.8, 4) is 11.4 Å². The maximum absolute atomic E-state index is 13.0. The van der Waals surface area contributed by atoms with Gasteiger partial charge in [-0.15, -0.1) is 16.8 Å². The Bertz CT molecular complexity index is 1030. The summed E-state index contributed by atoms with van der Waals surface area (Å²) in [5.74, 6) is 0.637. The van der Waals surface area contributed by atoms with Crippen LogP contribution in [0.5, 0.6) is 0 Å². The molecule has 0 aliphatic carbocycles. The standard InChI is InChI=1S/C20H27N5O4S2/c1-4-8-25-19(22-23-20(25)30-14-18(26)21-15(2)3)16-6-5-7-17(13-16)31(27,28)24-9-11-29-12-10-24/h4-7,13,15H,1,8-12,14H2,2-3H3,(H,21,26). The van der Waals surface area contributed by atoms with Gasteiger partial charge >= 0.3 is 0 Å². The lowest BCUT2D eigenvalue weighted by atomic mass is 10.2. The van der Waals surface area contributed by atoms with E-state index in [4.69, 9.17) is 4.74 Å². The number of benzene rings is 1. The Labute approximate surface area is 186 Å². The smallest absolute Gasteiger partial charge is 0.243 e. The molecule has 1 saturated heterocycles. The van der Waals surface area contributed by atoms with Crippen LogP contribution in [-0.2, 0) is 26.1 Å². The van der Waals surface area contributed by atoms with Gasteiger partial charge in [-0.25, -0.2) is 8.42 Å². The monoisotopic (exact) mass is 465 g/mol. The number of hydrogen-bond donors (Lipinski definition) is 1. The number of nitrogens with zero attached hydrogens (tertiary/aromatic N) is 4. The second-order valence-electron chi connectivity index (χ2n) is 7.26. The van der Waals surface area contributed by atoms with Gasteiger partial charge < -0.3 is 10.1 Å². The molecular weight excluding hydrogens is 438 g/mol. The zero-order valence-electron chi connectivity index (χ0n) is 17.7. The Hall–Kier alpha value is -2.21. The van der Waals surface area contributed by atoms with E-state index in [-0.39, 0.29) is 22.6 Å². The van der Waals surface area contributed by atoms with E-state index in [0.29, 0.717) is 49.4 Å². The van der Waals surface area contributed by atoms with Crippen molar-refractivity contribution >= 4 is 27.7 Å². The van der Waals surface area contributed by atoms with Crippen molar-refractivity contribution in [2.24, 2.45) is 0 Å². The average molecular weight is 466 g/mol. The van der Waals surface area contributed by atoms with Crippen LogP contribution >= 0.6 is 11.8 Å². The number of rotatable bonds is 9. The molecule has 1 aliphatic rings. The number of nitrogens with one attached hydrogen (secondary N) is 1. The van der Waals surface area contributed by atoms with Crippen LogP contribution in [-0.4, -0.2) is 71.5 Å². The third kappa shape index (κ3) is 5.73. The van der Waals surface area contributed by atoms with Crippen molar-refractivity contribution in [2.75, 3.05) is 32.1 Å². The van der Waals surface area contributed by atoms with Crippen LogP contribution < -0.4 is 5.32 Å². The predicted octanol–water partition coefficient (Wildman–Crippen LogP) is 1.77. The molecule has 11 heteroatoms. The molecule has 1 amide bonds. The van der Waals surface area contributed by atoms with Gasteiger partial charge in [0.2, 0.25) is 15.9 Å². The first-order chi connectivity index (χ1) is 14.8. The molecule has 1 aliphatic heterocycles. The summed E-state index contributed by atoms with van der Waals surface area (Å²) in [6, 6.07) is 6.73. The van der Waals surface area contributed by atoms with Gasteiger partial charge in [-0.05, 0) is 26.0 Å². The van der Waals surface area contributed by atoms with E-state index in [2.05, 4.69) is 22.1 Å². The summed E-state index contributed by atoms with van der Waals surface area (Å²) in [6.07, 6.45) is 1.71. The quantitative estimate of drug-likeness (QED) is 0.444. The van der Waals surface area contributed by atoms with E-state index >= 15 is 0 Å². The van der Waals surface area contributed by atoms with Crippen LogP contribution in [0.2, 0.25) is 0 Å². The van der Waals surface area contributed by atoms with E-state index in [1.54, 1.807) is 30.3 Å². The minimum atomic E-state index is -3.63. The Morgan fingerprint density at radius 3 is 2.74 bits per heavy atom. The van der Waals surface area contributed by atoms with Crippen LogP contribution in [0.25, 0.3) is 11.4 Å². The number of morpholine rings is 1. The molecule has 0 atom stereocenters. The molecule has 1 aromatic heterocycles. The fraction of sp³-hybridized carbons (Fsp3) is 0.450. The van der Waals surface area contributed by atoms with Crippen molar-refractivity contribution in [1.29, 1.82) is 0 Å². The van der Waals surface area contributed by atoms with E-state index in [0.717, 1.165) is 0 Å². The lowest BCUT2D eigenvalue weighted by Crippen LogP contribution is -2.40. The molecule has 0 radical (unpaired) electrons. The zero-order chi connectivity index (χ0) is 22.4.